The normalized spacial score (nSPS) is 13.8. The highest BCUT2D eigenvalue weighted by Crippen LogP contribution is 2.35. The summed E-state index contributed by atoms with van der Waals surface area (Å²) in [5, 5.41) is 4.39. The highest BCUT2D eigenvalue weighted by atomic mass is 16.5. The van der Waals surface area contributed by atoms with Crippen LogP contribution in [0.25, 0.3) is 0 Å². The van der Waals surface area contributed by atoms with Crippen molar-refractivity contribution in [3.8, 4) is 11.5 Å². The third kappa shape index (κ3) is 2.43. The Kier molecular flexibility index (Phi) is 3.15. The van der Waals surface area contributed by atoms with Gasteiger partial charge in [-0.15, -0.1) is 0 Å². The van der Waals surface area contributed by atoms with Crippen LogP contribution in [0.3, 0.4) is 0 Å². The lowest BCUT2D eigenvalue weighted by Gasteiger charge is -2.20. The molecule has 0 unspecified atom stereocenters. The summed E-state index contributed by atoms with van der Waals surface area (Å²) in [6.07, 6.45) is 4.14. The number of benzene rings is 1. The van der Waals surface area contributed by atoms with Gasteiger partial charge in [0.25, 0.3) is 0 Å². The summed E-state index contributed by atoms with van der Waals surface area (Å²) >= 11 is 0. The Morgan fingerprint density at radius 3 is 3.11 bits per heavy atom. The van der Waals surface area contributed by atoms with E-state index in [1.807, 2.05) is 37.0 Å². The number of aromatic nitrogens is 2. The van der Waals surface area contributed by atoms with Crippen LogP contribution < -0.4 is 9.47 Å². The fraction of sp³-hybridized carbons (Fsp3) is 0.400. The first-order valence-corrected chi connectivity index (χ1v) is 6.60. The van der Waals surface area contributed by atoms with Crippen molar-refractivity contribution >= 4 is 0 Å². The van der Waals surface area contributed by atoms with Gasteiger partial charge in [0, 0.05) is 13.2 Å². The standard InChI is InChI=1S/C15H18N2O2/c1-11-9-17(2)16-13(11)10-19-14-7-3-5-12-6-4-8-18-15(12)14/h3,5,7,9H,4,6,8,10H2,1-2H3. The Labute approximate surface area is 113 Å². The van der Waals surface area contributed by atoms with E-state index in [1.165, 1.54) is 5.56 Å². The van der Waals surface area contributed by atoms with Crippen LogP contribution in [-0.4, -0.2) is 16.4 Å². The van der Waals surface area contributed by atoms with Crippen LogP contribution in [0.4, 0.5) is 0 Å². The van der Waals surface area contributed by atoms with E-state index < -0.39 is 0 Å². The number of ether oxygens (including phenoxy) is 2. The third-order valence-corrected chi connectivity index (χ3v) is 3.38. The average Bonchev–Trinajstić information content (AvgIpc) is 2.74. The Morgan fingerprint density at radius 1 is 1.42 bits per heavy atom. The fourth-order valence-electron chi connectivity index (χ4n) is 2.41. The van der Waals surface area contributed by atoms with Gasteiger partial charge in [-0.05, 0) is 37.0 Å². The van der Waals surface area contributed by atoms with E-state index in [1.54, 1.807) is 0 Å². The molecule has 2 heterocycles. The third-order valence-electron chi connectivity index (χ3n) is 3.38. The van der Waals surface area contributed by atoms with Crippen LogP contribution in [0.1, 0.15) is 23.2 Å². The summed E-state index contributed by atoms with van der Waals surface area (Å²) in [7, 11) is 1.92. The molecule has 0 saturated carbocycles. The molecular weight excluding hydrogens is 240 g/mol. The monoisotopic (exact) mass is 258 g/mol. The predicted molar refractivity (Wildman–Crippen MR) is 72.5 cm³/mol. The first kappa shape index (κ1) is 12.1. The summed E-state index contributed by atoms with van der Waals surface area (Å²) in [5.74, 6) is 1.73. The van der Waals surface area contributed by atoms with Crippen LogP contribution in [-0.2, 0) is 20.1 Å². The second kappa shape index (κ2) is 4.96. The highest BCUT2D eigenvalue weighted by Gasteiger charge is 2.15. The van der Waals surface area contributed by atoms with Gasteiger partial charge >= 0.3 is 0 Å². The summed E-state index contributed by atoms with van der Waals surface area (Å²) in [4.78, 5) is 0. The number of fused-ring (bicyclic) bond motifs is 1. The van der Waals surface area contributed by atoms with Crippen molar-refractivity contribution in [2.45, 2.75) is 26.4 Å². The van der Waals surface area contributed by atoms with Crippen molar-refractivity contribution in [3.05, 3.63) is 41.2 Å². The SMILES string of the molecule is Cc1cn(C)nc1COc1cccc2c1OCCC2. The molecule has 100 valence electrons. The maximum absolute atomic E-state index is 5.88. The largest absolute Gasteiger partial charge is 0.489 e. The molecule has 0 atom stereocenters. The van der Waals surface area contributed by atoms with Crippen molar-refractivity contribution in [3.63, 3.8) is 0 Å². The fourth-order valence-corrected chi connectivity index (χ4v) is 2.41. The van der Waals surface area contributed by atoms with Gasteiger partial charge in [0.05, 0.1) is 6.61 Å². The number of rotatable bonds is 3. The van der Waals surface area contributed by atoms with Gasteiger partial charge in [-0.25, -0.2) is 0 Å². The van der Waals surface area contributed by atoms with Gasteiger partial charge in [0.1, 0.15) is 12.3 Å². The predicted octanol–water partition coefficient (Wildman–Crippen LogP) is 2.63. The second-order valence-electron chi connectivity index (χ2n) is 4.92. The van der Waals surface area contributed by atoms with E-state index in [-0.39, 0.29) is 0 Å². The molecule has 0 N–H and O–H groups in total. The zero-order chi connectivity index (χ0) is 13.2. The van der Waals surface area contributed by atoms with Gasteiger partial charge < -0.3 is 9.47 Å². The van der Waals surface area contributed by atoms with E-state index >= 15 is 0 Å². The molecule has 19 heavy (non-hydrogen) atoms. The van der Waals surface area contributed by atoms with E-state index in [4.69, 9.17) is 9.47 Å². The molecule has 1 aromatic carbocycles. The van der Waals surface area contributed by atoms with Crippen molar-refractivity contribution in [2.24, 2.45) is 7.05 Å². The van der Waals surface area contributed by atoms with Crippen LogP contribution in [0.2, 0.25) is 0 Å². The van der Waals surface area contributed by atoms with E-state index in [9.17, 15) is 0 Å². The molecule has 0 spiro atoms. The smallest absolute Gasteiger partial charge is 0.164 e. The lowest BCUT2D eigenvalue weighted by Crippen LogP contribution is -2.10. The molecule has 0 amide bonds. The van der Waals surface area contributed by atoms with Gasteiger partial charge in [-0.3, -0.25) is 4.68 Å². The van der Waals surface area contributed by atoms with Crippen molar-refractivity contribution in [1.29, 1.82) is 0 Å². The van der Waals surface area contributed by atoms with Crippen LogP contribution >= 0.6 is 0 Å². The molecular formula is C15H18N2O2. The molecule has 0 aliphatic carbocycles. The topological polar surface area (TPSA) is 36.3 Å². The minimum atomic E-state index is 0.479. The van der Waals surface area contributed by atoms with Gasteiger partial charge in [0.2, 0.25) is 0 Å². The average molecular weight is 258 g/mol. The molecule has 0 fully saturated rings. The van der Waals surface area contributed by atoms with Crippen LogP contribution in [0.5, 0.6) is 11.5 Å². The molecule has 0 saturated heterocycles. The zero-order valence-corrected chi connectivity index (χ0v) is 11.3. The minimum Gasteiger partial charge on any atom is -0.489 e. The Bertz CT molecular complexity index is 590. The molecule has 4 heteroatoms. The van der Waals surface area contributed by atoms with Crippen molar-refractivity contribution in [2.75, 3.05) is 6.61 Å². The molecule has 2 aromatic rings. The maximum atomic E-state index is 5.88. The van der Waals surface area contributed by atoms with Crippen molar-refractivity contribution < 1.29 is 9.47 Å². The van der Waals surface area contributed by atoms with Gasteiger partial charge in [-0.1, -0.05) is 12.1 Å². The Balaban J connectivity index is 1.78. The first-order chi connectivity index (χ1) is 9.24. The lowest BCUT2D eigenvalue weighted by atomic mass is 10.1. The number of hydrogen-bond acceptors (Lipinski definition) is 3. The van der Waals surface area contributed by atoms with Crippen LogP contribution in [0.15, 0.2) is 24.4 Å². The quantitative estimate of drug-likeness (QED) is 0.849. The van der Waals surface area contributed by atoms with E-state index in [2.05, 4.69) is 11.2 Å². The van der Waals surface area contributed by atoms with E-state index in [0.29, 0.717) is 6.61 Å². The molecule has 3 rings (SSSR count). The number of para-hydroxylation sites is 1. The molecule has 0 bridgehead atoms. The number of nitrogens with zero attached hydrogens (tertiary/aromatic N) is 2. The molecule has 1 aliphatic heterocycles. The summed E-state index contributed by atoms with van der Waals surface area (Å²) < 4.78 is 13.4. The zero-order valence-electron chi connectivity index (χ0n) is 11.3. The number of aryl methyl sites for hydroxylation is 3. The molecule has 1 aliphatic rings. The molecule has 4 nitrogen and oxygen atoms in total. The van der Waals surface area contributed by atoms with Crippen molar-refractivity contribution in [1.82, 2.24) is 9.78 Å². The summed E-state index contributed by atoms with van der Waals surface area (Å²) in [6.45, 7) is 3.30. The van der Waals surface area contributed by atoms with Crippen LogP contribution in [0, 0.1) is 6.92 Å². The van der Waals surface area contributed by atoms with E-state index in [0.717, 1.165) is 42.2 Å². The van der Waals surface area contributed by atoms with Gasteiger partial charge in [-0.2, -0.15) is 5.10 Å². The molecule has 1 aromatic heterocycles. The number of hydrogen-bond donors (Lipinski definition) is 0. The lowest BCUT2D eigenvalue weighted by molar-refractivity contribution is 0.244. The molecule has 0 radical (unpaired) electrons. The first-order valence-electron chi connectivity index (χ1n) is 6.60. The highest BCUT2D eigenvalue weighted by molar-refractivity contribution is 5.47. The minimum absolute atomic E-state index is 0.479. The second-order valence-corrected chi connectivity index (χ2v) is 4.92. The Morgan fingerprint density at radius 2 is 2.32 bits per heavy atom. The maximum Gasteiger partial charge on any atom is 0.164 e. The summed E-state index contributed by atoms with van der Waals surface area (Å²) in [5.41, 5.74) is 3.35. The summed E-state index contributed by atoms with van der Waals surface area (Å²) in [6, 6.07) is 6.09. The van der Waals surface area contributed by atoms with Gasteiger partial charge in [0.15, 0.2) is 11.5 Å². The Hall–Kier alpha value is -1.97.